The third-order valence-corrected chi connectivity index (χ3v) is 5.63. The van der Waals surface area contributed by atoms with Gasteiger partial charge in [-0.2, -0.15) is 0 Å². The van der Waals surface area contributed by atoms with Crippen molar-refractivity contribution in [1.29, 1.82) is 0 Å². The third kappa shape index (κ3) is 4.72. The molecule has 1 fully saturated rings. The first kappa shape index (κ1) is 20.5. The fraction of sp³-hybridized carbons (Fsp3) is 0.250. The predicted octanol–water partition coefficient (Wildman–Crippen LogP) is 1.20. The van der Waals surface area contributed by atoms with Crippen molar-refractivity contribution >= 4 is 34.2 Å². The third-order valence-electron chi connectivity index (χ3n) is 4.82. The number of hydrogen-bond donors (Lipinski definition) is 2. The van der Waals surface area contributed by atoms with Gasteiger partial charge in [0.25, 0.3) is 17.4 Å². The number of anilines is 1. The summed E-state index contributed by atoms with van der Waals surface area (Å²) >= 11 is 1.18. The summed E-state index contributed by atoms with van der Waals surface area (Å²) in [5.74, 6) is -0.567. The zero-order valence-electron chi connectivity index (χ0n) is 16.4. The molecule has 3 aromatic rings. The van der Waals surface area contributed by atoms with Crippen LogP contribution in [-0.4, -0.2) is 63.7 Å². The second kappa shape index (κ2) is 8.96. The molecule has 10 nitrogen and oxygen atoms in total. The molecule has 4 heterocycles. The van der Waals surface area contributed by atoms with Crippen LogP contribution in [-0.2, 0) is 11.2 Å². The minimum absolute atomic E-state index is 0.0164. The van der Waals surface area contributed by atoms with E-state index >= 15 is 0 Å². The highest BCUT2D eigenvalue weighted by Gasteiger charge is 2.26. The minimum Gasteiger partial charge on any atom is -0.459 e. The number of H-pyrrole nitrogens is 1. The van der Waals surface area contributed by atoms with E-state index in [-0.39, 0.29) is 29.6 Å². The maximum Gasteiger partial charge on any atom is 0.289 e. The van der Waals surface area contributed by atoms with Crippen LogP contribution < -0.4 is 10.9 Å². The Kier molecular flexibility index (Phi) is 5.94. The number of aromatic nitrogens is 2. The standard InChI is InChI=1S/C20H19N5O5S/c26-16(24-6-8-25(9-7-24)19(29)15-4-2-10-30-15)11-13-12-31-20(22-13)23-18(28)14-3-1-5-21-17(14)27/h1-5,10,12H,6-9,11H2,(H,21,27)(H,22,23,28). The van der Waals surface area contributed by atoms with Gasteiger partial charge in [-0.25, -0.2) is 4.98 Å². The van der Waals surface area contributed by atoms with E-state index in [1.807, 2.05) is 0 Å². The van der Waals surface area contributed by atoms with Crippen LogP contribution in [0.25, 0.3) is 0 Å². The minimum atomic E-state index is -0.563. The molecule has 0 radical (unpaired) electrons. The molecule has 0 unspecified atom stereocenters. The lowest BCUT2D eigenvalue weighted by Gasteiger charge is -2.34. The topological polar surface area (TPSA) is 129 Å². The van der Waals surface area contributed by atoms with Gasteiger partial charge in [0.15, 0.2) is 10.9 Å². The van der Waals surface area contributed by atoms with Gasteiger partial charge in [0.2, 0.25) is 5.91 Å². The lowest BCUT2D eigenvalue weighted by Crippen LogP contribution is -2.50. The van der Waals surface area contributed by atoms with Crippen LogP contribution in [0.15, 0.2) is 51.3 Å². The molecule has 0 aromatic carbocycles. The lowest BCUT2D eigenvalue weighted by molar-refractivity contribution is -0.132. The monoisotopic (exact) mass is 441 g/mol. The molecule has 0 spiro atoms. The van der Waals surface area contributed by atoms with E-state index < -0.39 is 11.5 Å². The van der Waals surface area contributed by atoms with E-state index in [1.165, 1.54) is 29.9 Å². The number of carbonyl (C=O) groups excluding carboxylic acids is 3. The Morgan fingerprint density at radius 3 is 2.61 bits per heavy atom. The van der Waals surface area contributed by atoms with Gasteiger partial charge in [0.1, 0.15) is 5.56 Å². The maximum absolute atomic E-state index is 12.6. The van der Waals surface area contributed by atoms with Crippen molar-refractivity contribution in [2.45, 2.75) is 6.42 Å². The summed E-state index contributed by atoms with van der Waals surface area (Å²) < 4.78 is 5.14. The van der Waals surface area contributed by atoms with Crippen LogP contribution in [0.1, 0.15) is 26.6 Å². The van der Waals surface area contributed by atoms with E-state index in [2.05, 4.69) is 15.3 Å². The average Bonchev–Trinajstić information content (AvgIpc) is 3.46. The van der Waals surface area contributed by atoms with Gasteiger partial charge in [-0.3, -0.25) is 24.5 Å². The van der Waals surface area contributed by atoms with Crippen LogP contribution in [0.4, 0.5) is 5.13 Å². The van der Waals surface area contributed by atoms with Gasteiger partial charge in [0, 0.05) is 37.8 Å². The molecular formula is C20H19N5O5S. The molecule has 0 aliphatic carbocycles. The first-order valence-corrected chi connectivity index (χ1v) is 10.4. The summed E-state index contributed by atoms with van der Waals surface area (Å²) in [6.07, 6.45) is 2.98. The Morgan fingerprint density at radius 1 is 1.13 bits per heavy atom. The van der Waals surface area contributed by atoms with E-state index in [9.17, 15) is 19.2 Å². The molecule has 0 bridgehead atoms. The Balaban J connectivity index is 1.29. The number of hydrogen-bond acceptors (Lipinski definition) is 7. The van der Waals surface area contributed by atoms with E-state index in [1.54, 1.807) is 33.4 Å². The van der Waals surface area contributed by atoms with Crippen LogP contribution in [0.2, 0.25) is 0 Å². The maximum atomic E-state index is 12.6. The Labute approximate surface area is 180 Å². The second-order valence-corrected chi connectivity index (χ2v) is 7.70. The zero-order valence-corrected chi connectivity index (χ0v) is 17.2. The highest BCUT2D eigenvalue weighted by Crippen LogP contribution is 2.18. The molecule has 0 atom stereocenters. The van der Waals surface area contributed by atoms with Gasteiger partial charge in [0.05, 0.1) is 18.4 Å². The summed E-state index contributed by atoms with van der Waals surface area (Å²) in [7, 11) is 0. The lowest BCUT2D eigenvalue weighted by atomic mass is 10.2. The largest absolute Gasteiger partial charge is 0.459 e. The number of piperazine rings is 1. The number of furan rings is 1. The molecule has 31 heavy (non-hydrogen) atoms. The van der Waals surface area contributed by atoms with Crippen molar-refractivity contribution in [3.05, 3.63) is 69.5 Å². The molecular weight excluding hydrogens is 422 g/mol. The molecule has 1 aliphatic rings. The number of pyridine rings is 1. The van der Waals surface area contributed by atoms with E-state index in [0.717, 1.165) is 0 Å². The van der Waals surface area contributed by atoms with Gasteiger partial charge in [-0.05, 0) is 24.3 Å². The van der Waals surface area contributed by atoms with Crippen molar-refractivity contribution in [3.8, 4) is 0 Å². The van der Waals surface area contributed by atoms with Crippen LogP contribution >= 0.6 is 11.3 Å². The second-order valence-electron chi connectivity index (χ2n) is 6.84. The Bertz CT molecular complexity index is 1140. The van der Waals surface area contributed by atoms with Crippen molar-refractivity contribution in [1.82, 2.24) is 19.8 Å². The number of thiazole rings is 1. The number of amides is 3. The van der Waals surface area contributed by atoms with Gasteiger partial charge in [-0.15, -0.1) is 11.3 Å². The summed E-state index contributed by atoms with van der Waals surface area (Å²) in [6, 6.07) is 6.26. The molecule has 2 N–H and O–H groups in total. The SMILES string of the molecule is O=C(Nc1nc(CC(=O)N2CCN(C(=O)c3ccco3)CC2)cs1)c1ccc[nH]c1=O. The fourth-order valence-electron chi connectivity index (χ4n) is 3.19. The number of aromatic amines is 1. The van der Waals surface area contributed by atoms with Crippen molar-refractivity contribution in [3.63, 3.8) is 0 Å². The number of carbonyl (C=O) groups is 3. The molecule has 3 aromatic heterocycles. The van der Waals surface area contributed by atoms with Crippen molar-refractivity contribution in [2.24, 2.45) is 0 Å². The Hall–Kier alpha value is -3.73. The molecule has 3 amide bonds. The predicted molar refractivity (Wildman–Crippen MR) is 112 cm³/mol. The van der Waals surface area contributed by atoms with Gasteiger partial charge in [-0.1, -0.05) is 0 Å². The zero-order chi connectivity index (χ0) is 21.8. The first-order chi connectivity index (χ1) is 15.0. The quantitative estimate of drug-likeness (QED) is 0.612. The van der Waals surface area contributed by atoms with Gasteiger partial charge >= 0.3 is 0 Å². The van der Waals surface area contributed by atoms with E-state index in [0.29, 0.717) is 37.0 Å². The summed E-state index contributed by atoms with van der Waals surface area (Å²) in [5, 5.41) is 4.58. The summed E-state index contributed by atoms with van der Waals surface area (Å²) in [5.41, 5.74) is 0.0234. The average molecular weight is 441 g/mol. The van der Waals surface area contributed by atoms with E-state index in [4.69, 9.17) is 4.42 Å². The molecule has 1 aliphatic heterocycles. The highest BCUT2D eigenvalue weighted by atomic mass is 32.1. The van der Waals surface area contributed by atoms with Crippen LogP contribution in [0, 0.1) is 0 Å². The summed E-state index contributed by atoms with van der Waals surface area (Å²) in [4.78, 5) is 58.9. The first-order valence-electron chi connectivity index (χ1n) is 9.55. The molecule has 1 saturated heterocycles. The fourth-order valence-corrected chi connectivity index (χ4v) is 3.90. The van der Waals surface area contributed by atoms with Gasteiger partial charge < -0.3 is 19.2 Å². The Morgan fingerprint density at radius 2 is 1.90 bits per heavy atom. The number of rotatable bonds is 5. The smallest absolute Gasteiger partial charge is 0.289 e. The molecule has 0 saturated carbocycles. The molecule has 11 heteroatoms. The number of nitrogens with zero attached hydrogens (tertiary/aromatic N) is 3. The number of nitrogens with one attached hydrogen (secondary N) is 2. The molecule has 4 rings (SSSR count). The van der Waals surface area contributed by atoms with Crippen molar-refractivity contribution < 1.29 is 18.8 Å². The summed E-state index contributed by atoms with van der Waals surface area (Å²) in [6.45, 7) is 1.70. The normalized spacial score (nSPS) is 13.8. The molecule has 160 valence electrons. The highest BCUT2D eigenvalue weighted by molar-refractivity contribution is 7.14. The van der Waals surface area contributed by atoms with Crippen molar-refractivity contribution in [2.75, 3.05) is 31.5 Å². The van der Waals surface area contributed by atoms with Crippen LogP contribution in [0.3, 0.4) is 0 Å². The van der Waals surface area contributed by atoms with Crippen LogP contribution in [0.5, 0.6) is 0 Å².